The van der Waals surface area contributed by atoms with Gasteiger partial charge < -0.3 is 11.1 Å². The molecule has 3 heteroatoms. The monoisotopic (exact) mass is 276 g/mol. The fourth-order valence-corrected chi connectivity index (χ4v) is 2.30. The molecule has 0 aliphatic heterocycles. The predicted octanol–water partition coefficient (Wildman–Crippen LogP) is 3.90. The number of nitrogens with two attached hydrogens (primary N) is 1. The first kappa shape index (κ1) is 16.7. The third kappa shape index (κ3) is 5.74. The minimum absolute atomic E-state index is 0.0952. The lowest BCUT2D eigenvalue weighted by molar-refractivity contribution is -0.116. The van der Waals surface area contributed by atoms with E-state index >= 15 is 0 Å². The van der Waals surface area contributed by atoms with Gasteiger partial charge in [-0.15, -0.1) is 0 Å². The van der Waals surface area contributed by atoms with E-state index in [4.69, 9.17) is 5.73 Å². The predicted molar refractivity (Wildman–Crippen MR) is 85.8 cm³/mol. The van der Waals surface area contributed by atoms with Crippen molar-refractivity contribution in [2.24, 2.45) is 11.7 Å². The van der Waals surface area contributed by atoms with Gasteiger partial charge in [0.1, 0.15) is 0 Å². The van der Waals surface area contributed by atoms with Crippen molar-refractivity contribution in [2.75, 3.05) is 11.9 Å². The van der Waals surface area contributed by atoms with Crippen molar-refractivity contribution >= 4 is 11.6 Å². The van der Waals surface area contributed by atoms with Crippen LogP contribution in [0.1, 0.15) is 57.9 Å². The van der Waals surface area contributed by atoms with E-state index in [1.807, 2.05) is 12.1 Å². The topological polar surface area (TPSA) is 55.1 Å². The Morgan fingerprint density at radius 2 is 1.85 bits per heavy atom. The average molecular weight is 276 g/mol. The molecule has 3 nitrogen and oxygen atoms in total. The van der Waals surface area contributed by atoms with Crippen LogP contribution in [0, 0.1) is 5.92 Å². The number of hydrogen-bond donors (Lipinski definition) is 2. The van der Waals surface area contributed by atoms with Crippen LogP contribution in [0.25, 0.3) is 0 Å². The highest BCUT2D eigenvalue weighted by atomic mass is 16.1. The summed E-state index contributed by atoms with van der Waals surface area (Å²) in [5, 5.41) is 2.96. The second-order valence-electron chi connectivity index (χ2n) is 5.72. The van der Waals surface area contributed by atoms with Crippen molar-refractivity contribution in [3.8, 4) is 0 Å². The molecule has 0 aliphatic rings. The Morgan fingerprint density at radius 1 is 1.20 bits per heavy atom. The third-order valence-electron chi connectivity index (χ3n) is 3.79. The second-order valence-corrected chi connectivity index (χ2v) is 5.72. The van der Waals surface area contributed by atoms with Gasteiger partial charge in [0, 0.05) is 12.1 Å². The van der Waals surface area contributed by atoms with E-state index in [0.717, 1.165) is 24.9 Å². The Balaban J connectivity index is 2.42. The number of carbonyl (C=O) groups excluding carboxylic acids is 1. The lowest BCUT2D eigenvalue weighted by Gasteiger charge is -2.13. The Morgan fingerprint density at radius 3 is 2.35 bits per heavy atom. The molecular formula is C17H28N2O. The largest absolute Gasteiger partial charge is 0.330 e. The van der Waals surface area contributed by atoms with Gasteiger partial charge in [-0.1, -0.05) is 39.3 Å². The molecule has 1 rings (SSSR count). The summed E-state index contributed by atoms with van der Waals surface area (Å²) in [7, 11) is 0. The average Bonchev–Trinajstić information content (AvgIpc) is 2.44. The molecule has 0 bridgehead atoms. The van der Waals surface area contributed by atoms with Crippen LogP contribution >= 0.6 is 0 Å². The number of hydrogen-bond acceptors (Lipinski definition) is 2. The highest BCUT2D eigenvalue weighted by Crippen LogP contribution is 2.18. The summed E-state index contributed by atoms with van der Waals surface area (Å²) in [6, 6.07) is 8.10. The van der Waals surface area contributed by atoms with E-state index in [1.165, 1.54) is 5.56 Å². The third-order valence-corrected chi connectivity index (χ3v) is 3.79. The Hall–Kier alpha value is -1.35. The van der Waals surface area contributed by atoms with Gasteiger partial charge in [0.2, 0.25) is 5.91 Å². The number of benzene rings is 1. The minimum atomic E-state index is 0.0952. The van der Waals surface area contributed by atoms with E-state index in [9.17, 15) is 4.79 Å². The molecule has 0 aromatic heterocycles. The van der Waals surface area contributed by atoms with Crippen LogP contribution in [-0.2, 0) is 4.79 Å². The van der Waals surface area contributed by atoms with Crippen LogP contribution in [-0.4, -0.2) is 12.5 Å². The lowest BCUT2D eigenvalue weighted by atomic mass is 9.96. The maximum Gasteiger partial charge on any atom is 0.224 e. The smallest absolute Gasteiger partial charge is 0.224 e. The molecule has 1 aromatic rings. The van der Waals surface area contributed by atoms with Crippen LogP contribution in [0.3, 0.4) is 0 Å². The molecule has 0 heterocycles. The zero-order chi connectivity index (χ0) is 15.0. The first-order chi connectivity index (χ1) is 9.56. The molecule has 0 saturated carbocycles. The number of anilines is 1. The van der Waals surface area contributed by atoms with Crippen molar-refractivity contribution in [3.05, 3.63) is 29.8 Å². The second kappa shape index (κ2) is 8.75. The Bertz CT molecular complexity index is 398. The van der Waals surface area contributed by atoms with Gasteiger partial charge in [-0.05, 0) is 48.9 Å². The van der Waals surface area contributed by atoms with Gasteiger partial charge in [0.25, 0.3) is 0 Å². The summed E-state index contributed by atoms with van der Waals surface area (Å²) in [5.41, 5.74) is 7.74. The molecule has 1 amide bonds. The quantitative estimate of drug-likeness (QED) is 0.756. The van der Waals surface area contributed by atoms with E-state index < -0.39 is 0 Å². The van der Waals surface area contributed by atoms with Gasteiger partial charge >= 0.3 is 0 Å². The zero-order valence-electron chi connectivity index (χ0n) is 13.0. The normalized spacial score (nSPS) is 12.4. The Kier molecular flexibility index (Phi) is 7.31. The van der Waals surface area contributed by atoms with E-state index in [0.29, 0.717) is 24.8 Å². The van der Waals surface area contributed by atoms with Crippen LogP contribution in [0.4, 0.5) is 5.69 Å². The number of rotatable bonds is 8. The fourth-order valence-electron chi connectivity index (χ4n) is 2.30. The van der Waals surface area contributed by atoms with Crippen LogP contribution in [0.15, 0.2) is 24.3 Å². The van der Waals surface area contributed by atoms with Crippen LogP contribution in [0.2, 0.25) is 0 Å². The van der Waals surface area contributed by atoms with Crippen molar-refractivity contribution < 1.29 is 4.79 Å². The molecule has 1 aromatic carbocycles. The SMILES string of the molecule is CCC(CCN)CCC(=O)Nc1ccc(C(C)C)cc1. The Labute approximate surface area is 122 Å². The summed E-state index contributed by atoms with van der Waals surface area (Å²) in [6.45, 7) is 7.19. The standard InChI is InChI=1S/C17H28N2O/c1-4-14(11-12-18)5-10-17(20)19-16-8-6-15(7-9-16)13(2)3/h6-9,13-14H,4-5,10-12,18H2,1-3H3,(H,19,20). The highest BCUT2D eigenvalue weighted by Gasteiger charge is 2.09. The fraction of sp³-hybridized carbons (Fsp3) is 0.588. The summed E-state index contributed by atoms with van der Waals surface area (Å²) in [4.78, 5) is 11.9. The number of nitrogens with one attached hydrogen (secondary N) is 1. The molecule has 20 heavy (non-hydrogen) atoms. The molecule has 1 atom stereocenters. The van der Waals surface area contributed by atoms with Crippen molar-refractivity contribution in [1.82, 2.24) is 0 Å². The summed E-state index contributed by atoms with van der Waals surface area (Å²) < 4.78 is 0. The zero-order valence-corrected chi connectivity index (χ0v) is 13.0. The van der Waals surface area contributed by atoms with E-state index in [2.05, 4.69) is 38.2 Å². The molecular weight excluding hydrogens is 248 g/mol. The van der Waals surface area contributed by atoms with E-state index in [-0.39, 0.29) is 5.91 Å². The molecule has 112 valence electrons. The maximum absolute atomic E-state index is 11.9. The van der Waals surface area contributed by atoms with Crippen LogP contribution < -0.4 is 11.1 Å². The maximum atomic E-state index is 11.9. The minimum Gasteiger partial charge on any atom is -0.330 e. The summed E-state index contributed by atoms with van der Waals surface area (Å²) in [5.74, 6) is 1.17. The van der Waals surface area contributed by atoms with E-state index in [1.54, 1.807) is 0 Å². The highest BCUT2D eigenvalue weighted by molar-refractivity contribution is 5.90. The van der Waals surface area contributed by atoms with Gasteiger partial charge in [0.15, 0.2) is 0 Å². The molecule has 1 unspecified atom stereocenters. The van der Waals surface area contributed by atoms with Crippen molar-refractivity contribution in [2.45, 2.75) is 52.4 Å². The van der Waals surface area contributed by atoms with Crippen molar-refractivity contribution in [3.63, 3.8) is 0 Å². The molecule has 0 fully saturated rings. The number of carbonyl (C=O) groups is 1. The molecule has 0 saturated heterocycles. The van der Waals surface area contributed by atoms with Gasteiger partial charge in [-0.3, -0.25) is 4.79 Å². The molecule has 0 aliphatic carbocycles. The first-order valence-corrected chi connectivity index (χ1v) is 7.66. The summed E-state index contributed by atoms with van der Waals surface area (Å²) >= 11 is 0. The van der Waals surface area contributed by atoms with Crippen molar-refractivity contribution in [1.29, 1.82) is 0 Å². The van der Waals surface area contributed by atoms with Gasteiger partial charge in [-0.2, -0.15) is 0 Å². The molecule has 0 spiro atoms. The molecule has 3 N–H and O–H groups in total. The van der Waals surface area contributed by atoms with Gasteiger partial charge in [0.05, 0.1) is 0 Å². The van der Waals surface area contributed by atoms with Crippen LogP contribution in [0.5, 0.6) is 0 Å². The lowest BCUT2D eigenvalue weighted by Crippen LogP contribution is -2.15. The first-order valence-electron chi connectivity index (χ1n) is 7.66. The summed E-state index contributed by atoms with van der Waals surface area (Å²) in [6.07, 6.45) is 3.59. The number of amides is 1. The van der Waals surface area contributed by atoms with Gasteiger partial charge in [-0.25, -0.2) is 0 Å². The molecule has 0 radical (unpaired) electrons.